The Labute approximate surface area is 109 Å². The number of aliphatic hydroxyl groups is 1. The van der Waals surface area contributed by atoms with E-state index in [-0.39, 0.29) is 13.0 Å². The number of aliphatic hydroxyl groups excluding tert-OH is 1. The summed E-state index contributed by atoms with van der Waals surface area (Å²) in [6.07, 6.45) is -5.30. The Bertz CT molecular complexity index is 406. The highest BCUT2D eigenvalue weighted by molar-refractivity contribution is 5.35. The highest BCUT2D eigenvalue weighted by atomic mass is 19.4. The molecule has 0 heterocycles. The van der Waals surface area contributed by atoms with Crippen molar-refractivity contribution in [1.82, 2.24) is 0 Å². The first-order valence-corrected chi connectivity index (χ1v) is 5.80. The number of benzene rings is 1. The largest absolute Gasteiger partial charge is 0.411 e. The molecule has 1 atom stereocenters. The standard InChI is InChI=1S/C13H16F4O2/c1-8-5-10(14)6-9(2)12(8)11(18)3-4-19-7-13(15,16)17/h5-6,11,18H,3-4,7H2,1-2H3. The fourth-order valence-corrected chi connectivity index (χ4v) is 1.97. The number of rotatable bonds is 5. The summed E-state index contributed by atoms with van der Waals surface area (Å²) in [5, 5.41) is 9.92. The molecule has 0 spiro atoms. The number of aryl methyl sites for hydroxylation is 2. The summed E-state index contributed by atoms with van der Waals surface area (Å²) < 4.78 is 53.1. The molecule has 0 aliphatic carbocycles. The molecule has 0 bridgehead atoms. The van der Waals surface area contributed by atoms with Crippen LogP contribution >= 0.6 is 0 Å². The lowest BCUT2D eigenvalue weighted by Crippen LogP contribution is -2.18. The minimum absolute atomic E-state index is 0.0311. The molecule has 0 saturated heterocycles. The van der Waals surface area contributed by atoms with Crippen LogP contribution in [0.15, 0.2) is 12.1 Å². The van der Waals surface area contributed by atoms with E-state index in [9.17, 15) is 22.7 Å². The van der Waals surface area contributed by atoms with Gasteiger partial charge in [0.1, 0.15) is 12.4 Å². The van der Waals surface area contributed by atoms with E-state index in [2.05, 4.69) is 4.74 Å². The van der Waals surface area contributed by atoms with E-state index >= 15 is 0 Å². The first kappa shape index (κ1) is 15.9. The molecular formula is C13H16F4O2. The van der Waals surface area contributed by atoms with Gasteiger partial charge in [0.25, 0.3) is 0 Å². The van der Waals surface area contributed by atoms with Crippen molar-refractivity contribution >= 4 is 0 Å². The molecule has 19 heavy (non-hydrogen) atoms. The first-order valence-electron chi connectivity index (χ1n) is 5.80. The molecule has 0 fully saturated rings. The number of halogens is 4. The molecule has 108 valence electrons. The van der Waals surface area contributed by atoms with Crippen LogP contribution in [0.5, 0.6) is 0 Å². The van der Waals surface area contributed by atoms with Crippen molar-refractivity contribution in [3.8, 4) is 0 Å². The molecule has 1 aromatic carbocycles. The predicted octanol–water partition coefficient (Wildman–Crippen LogP) is 3.44. The highest BCUT2D eigenvalue weighted by Gasteiger charge is 2.27. The smallest absolute Gasteiger partial charge is 0.388 e. The zero-order valence-electron chi connectivity index (χ0n) is 10.7. The maximum atomic E-state index is 13.1. The molecule has 1 N–H and O–H groups in total. The van der Waals surface area contributed by atoms with Gasteiger partial charge in [-0.3, -0.25) is 0 Å². The monoisotopic (exact) mass is 280 g/mol. The van der Waals surface area contributed by atoms with Gasteiger partial charge in [0.15, 0.2) is 0 Å². The van der Waals surface area contributed by atoms with Gasteiger partial charge in [0.05, 0.1) is 6.10 Å². The van der Waals surface area contributed by atoms with E-state index in [1.165, 1.54) is 12.1 Å². The van der Waals surface area contributed by atoms with Crippen LogP contribution in [0.4, 0.5) is 17.6 Å². The molecule has 0 saturated carbocycles. The normalized spacial score (nSPS) is 13.6. The van der Waals surface area contributed by atoms with Crippen LogP contribution in [0.1, 0.15) is 29.2 Å². The van der Waals surface area contributed by atoms with E-state index in [4.69, 9.17) is 0 Å². The summed E-state index contributed by atoms with van der Waals surface area (Å²) in [6.45, 7) is 1.74. The van der Waals surface area contributed by atoms with E-state index in [0.29, 0.717) is 16.7 Å². The Hall–Kier alpha value is -1.14. The van der Waals surface area contributed by atoms with Gasteiger partial charge in [-0.2, -0.15) is 13.2 Å². The Morgan fingerprint density at radius 2 is 1.74 bits per heavy atom. The summed E-state index contributed by atoms with van der Waals surface area (Å²) in [4.78, 5) is 0. The van der Waals surface area contributed by atoms with Crippen LogP contribution in [0.3, 0.4) is 0 Å². The van der Waals surface area contributed by atoms with Gasteiger partial charge in [-0.25, -0.2) is 4.39 Å². The van der Waals surface area contributed by atoms with Gasteiger partial charge in [-0.1, -0.05) is 0 Å². The van der Waals surface area contributed by atoms with Gasteiger partial charge < -0.3 is 9.84 Å². The Kier molecular flexibility index (Phi) is 5.31. The van der Waals surface area contributed by atoms with Crippen molar-refractivity contribution in [2.45, 2.75) is 32.5 Å². The zero-order chi connectivity index (χ0) is 14.6. The van der Waals surface area contributed by atoms with Crippen molar-refractivity contribution in [2.24, 2.45) is 0 Å². The second-order valence-electron chi connectivity index (χ2n) is 4.43. The maximum Gasteiger partial charge on any atom is 0.411 e. The summed E-state index contributed by atoms with van der Waals surface area (Å²) in [7, 11) is 0. The van der Waals surface area contributed by atoms with Crippen LogP contribution in [-0.2, 0) is 4.74 Å². The SMILES string of the molecule is Cc1cc(F)cc(C)c1C(O)CCOCC(F)(F)F. The lowest BCUT2D eigenvalue weighted by Gasteiger charge is -2.17. The Balaban J connectivity index is 2.57. The minimum atomic E-state index is -4.37. The topological polar surface area (TPSA) is 29.5 Å². The molecule has 1 aromatic rings. The van der Waals surface area contributed by atoms with Crippen molar-refractivity contribution in [3.63, 3.8) is 0 Å². The molecule has 0 amide bonds. The molecule has 0 radical (unpaired) electrons. The van der Waals surface area contributed by atoms with Crippen LogP contribution in [0.2, 0.25) is 0 Å². The third kappa shape index (κ3) is 5.16. The zero-order valence-corrected chi connectivity index (χ0v) is 10.7. The third-order valence-corrected chi connectivity index (χ3v) is 2.69. The van der Waals surface area contributed by atoms with Crippen molar-refractivity contribution < 1.29 is 27.4 Å². The summed E-state index contributed by atoms with van der Waals surface area (Å²) >= 11 is 0. The van der Waals surface area contributed by atoms with Gasteiger partial charge in [-0.05, 0) is 42.7 Å². The molecule has 1 rings (SSSR count). The molecule has 0 aliphatic heterocycles. The van der Waals surface area contributed by atoms with Crippen molar-refractivity contribution in [1.29, 1.82) is 0 Å². The van der Waals surface area contributed by atoms with E-state index < -0.39 is 24.7 Å². The lowest BCUT2D eigenvalue weighted by atomic mass is 9.96. The van der Waals surface area contributed by atoms with Gasteiger partial charge in [-0.15, -0.1) is 0 Å². The number of hydrogen-bond acceptors (Lipinski definition) is 2. The molecule has 6 heteroatoms. The number of ether oxygens (including phenoxy) is 1. The van der Waals surface area contributed by atoms with Crippen LogP contribution in [0, 0.1) is 19.7 Å². The van der Waals surface area contributed by atoms with E-state index in [0.717, 1.165) is 0 Å². The van der Waals surface area contributed by atoms with E-state index in [1.807, 2.05) is 0 Å². The average Bonchev–Trinajstić information content (AvgIpc) is 2.21. The Morgan fingerprint density at radius 1 is 1.21 bits per heavy atom. The van der Waals surface area contributed by atoms with Gasteiger partial charge in [0, 0.05) is 13.0 Å². The molecule has 0 aliphatic rings. The third-order valence-electron chi connectivity index (χ3n) is 2.69. The quantitative estimate of drug-likeness (QED) is 0.661. The maximum absolute atomic E-state index is 13.1. The minimum Gasteiger partial charge on any atom is -0.388 e. The van der Waals surface area contributed by atoms with Crippen LogP contribution in [0.25, 0.3) is 0 Å². The second-order valence-corrected chi connectivity index (χ2v) is 4.43. The second kappa shape index (κ2) is 6.34. The van der Waals surface area contributed by atoms with Gasteiger partial charge in [0.2, 0.25) is 0 Å². The number of hydrogen-bond donors (Lipinski definition) is 1. The van der Waals surface area contributed by atoms with Crippen molar-refractivity contribution in [3.05, 3.63) is 34.6 Å². The van der Waals surface area contributed by atoms with Crippen LogP contribution in [-0.4, -0.2) is 24.5 Å². The lowest BCUT2D eigenvalue weighted by molar-refractivity contribution is -0.175. The fourth-order valence-electron chi connectivity index (χ4n) is 1.97. The summed E-state index contributed by atoms with van der Waals surface area (Å²) in [5.41, 5.74) is 1.68. The first-order chi connectivity index (χ1) is 8.70. The number of alkyl halides is 3. The van der Waals surface area contributed by atoms with E-state index in [1.54, 1.807) is 13.8 Å². The summed E-state index contributed by atoms with van der Waals surface area (Å²) in [5.74, 6) is -0.403. The van der Waals surface area contributed by atoms with Crippen molar-refractivity contribution in [2.75, 3.05) is 13.2 Å². The molecular weight excluding hydrogens is 264 g/mol. The highest BCUT2D eigenvalue weighted by Crippen LogP contribution is 2.25. The van der Waals surface area contributed by atoms with Crippen LogP contribution < -0.4 is 0 Å². The fraction of sp³-hybridized carbons (Fsp3) is 0.538. The molecule has 1 unspecified atom stereocenters. The summed E-state index contributed by atoms with van der Waals surface area (Å²) in [6, 6.07) is 2.56. The molecule has 0 aromatic heterocycles. The predicted molar refractivity (Wildman–Crippen MR) is 62.3 cm³/mol. The average molecular weight is 280 g/mol. The van der Waals surface area contributed by atoms with Gasteiger partial charge >= 0.3 is 6.18 Å². The molecule has 2 nitrogen and oxygen atoms in total. The Morgan fingerprint density at radius 3 is 2.21 bits per heavy atom.